The number of H-pyrrole nitrogens is 1. The number of ether oxygens (including phenoxy) is 1. The maximum absolute atomic E-state index is 5.21. The van der Waals surface area contributed by atoms with Crippen molar-refractivity contribution < 1.29 is 4.74 Å². The van der Waals surface area contributed by atoms with Gasteiger partial charge >= 0.3 is 0 Å². The number of methoxy groups -OCH3 is 1. The Morgan fingerprint density at radius 3 is 2.96 bits per heavy atom. The van der Waals surface area contributed by atoms with E-state index in [0.29, 0.717) is 4.77 Å². The number of benzene rings is 1. The van der Waals surface area contributed by atoms with E-state index in [4.69, 9.17) is 21.9 Å². The van der Waals surface area contributed by atoms with E-state index in [1.165, 1.54) is 11.3 Å². The van der Waals surface area contributed by atoms with Gasteiger partial charge in [-0.2, -0.15) is 0 Å². The number of nitrogens with zero attached hydrogens (tertiary/aromatic N) is 3. The molecule has 0 aliphatic carbocycles. The highest BCUT2D eigenvalue weighted by Gasteiger charge is 2.18. The van der Waals surface area contributed by atoms with E-state index >= 15 is 0 Å². The number of nitrogens with one attached hydrogen (secondary N) is 1. The molecule has 7 heteroatoms. The average Bonchev–Trinajstić information content (AvgIpc) is 3.10. The fourth-order valence-corrected chi connectivity index (χ4v) is 4.03. The Bertz CT molecular complexity index is 933. The predicted molar refractivity (Wildman–Crippen MR) is 101 cm³/mol. The van der Waals surface area contributed by atoms with E-state index in [1.54, 1.807) is 18.4 Å². The summed E-state index contributed by atoms with van der Waals surface area (Å²) < 4.78 is 5.77. The summed E-state index contributed by atoms with van der Waals surface area (Å²) in [6.45, 7) is 2.74. The van der Waals surface area contributed by atoms with Crippen LogP contribution in [0.1, 0.15) is 16.3 Å². The Morgan fingerprint density at radius 2 is 2.16 bits per heavy atom. The first-order valence-electron chi connectivity index (χ1n) is 8.09. The van der Waals surface area contributed by atoms with Gasteiger partial charge in [0.1, 0.15) is 10.8 Å². The van der Waals surface area contributed by atoms with Gasteiger partial charge < -0.3 is 9.72 Å². The minimum atomic E-state index is 0.566. The molecule has 0 unspecified atom stereocenters. The summed E-state index contributed by atoms with van der Waals surface area (Å²) in [5.41, 5.74) is 4.58. The van der Waals surface area contributed by atoms with Gasteiger partial charge in [0.25, 0.3) is 0 Å². The van der Waals surface area contributed by atoms with Crippen LogP contribution >= 0.6 is 23.6 Å². The highest BCUT2D eigenvalue weighted by Crippen LogP contribution is 2.26. The minimum absolute atomic E-state index is 0.566. The van der Waals surface area contributed by atoms with Crippen LogP contribution in [-0.4, -0.2) is 33.5 Å². The number of aromatic amines is 1. The quantitative estimate of drug-likeness (QED) is 0.708. The monoisotopic (exact) mass is 370 g/mol. The highest BCUT2D eigenvalue weighted by molar-refractivity contribution is 7.71. The first-order chi connectivity index (χ1) is 12.2. The van der Waals surface area contributed by atoms with E-state index in [0.717, 1.165) is 48.1 Å². The lowest BCUT2D eigenvalue weighted by Gasteiger charge is -2.27. The fraction of sp³-hybridized carbons (Fsp3) is 0.278. The van der Waals surface area contributed by atoms with Gasteiger partial charge in [0.2, 0.25) is 0 Å². The van der Waals surface area contributed by atoms with E-state index in [2.05, 4.69) is 20.2 Å². The Hall–Kier alpha value is -2.09. The van der Waals surface area contributed by atoms with Crippen LogP contribution in [-0.2, 0) is 19.5 Å². The molecule has 0 saturated carbocycles. The smallest absolute Gasteiger partial charge is 0.196 e. The van der Waals surface area contributed by atoms with Crippen molar-refractivity contribution in [3.63, 3.8) is 0 Å². The van der Waals surface area contributed by atoms with Crippen LogP contribution in [0.15, 0.2) is 35.8 Å². The Balaban J connectivity index is 1.46. The predicted octanol–water partition coefficient (Wildman–Crippen LogP) is 3.83. The zero-order valence-corrected chi connectivity index (χ0v) is 15.5. The average molecular weight is 371 g/mol. The van der Waals surface area contributed by atoms with Gasteiger partial charge in [-0.3, -0.25) is 4.90 Å². The fourth-order valence-electron chi connectivity index (χ4n) is 3.01. The van der Waals surface area contributed by atoms with E-state index in [-0.39, 0.29) is 0 Å². The first-order valence-corrected chi connectivity index (χ1v) is 9.38. The molecule has 1 aromatic carbocycles. The SMILES string of the molecule is COc1ccc(-c2csc(CN3CCc4[nH]c(=S)ncc4C3)n2)cc1. The summed E-state index contributed by atoms with van der Waals surface area (Å²) in [5, 5.41) is 3.25. The molecule has 3 heterocycles. The molecule has 4 rings (SSSR count). The molecule has 0 amide bonds. The van der Waals surface area contributed by atoms with Crippen LogP contribution in [0.3, 0.4) is 0 Å². The summed E-state index contributed by atoms with van der Waals surface area (Å²) in [6.07, 6.45) is 2.86. The lowest BCUT2D eigenvalue weighted by Crippen LogP contribution is -2.30. The Kier molecular flexibility index (Phi) is 4.61. The summed E-state index contributed by atoms with van der Waals surface area (Å²) >= 11 is 6.81. The first kappa shape index (κ1) is 16.4. The normalized spacial score (nSPS) is 14.3. The van der Waals surface area contributed by atoms with Gasteiger partial charge in [-0.15, -0.1) is 11.3 Å². The molecule has 1 N–H and O–H groups in total. The van der Waals surface area contributed by atoms with Crippen LogP contribution in [0.2, 0.25) is 0 Å². The summed E-state index contributed by atoms with van der Waals surface area (Å²) in [5.74, 6) is 0.860. The van der Waals surface area contributed by atoms with Crippen molar-refractivity contribution in [3.8, 4) is 17.0 Å². The molecule has 0 spiro atoms. The lowest BCUT2D eigenvalue weighted by molar-refractivity contribution is 0.242. The molecule has 0 bridgehead atoms. The zero-order valence-electron chi connectivity index (χ0n) is 13.9. The Labute approximate surface area is 155 Å². The molecule has 3 aromatic rings. The zero-order chi connectivity index (χ0) is 17.2. The molecule has 25 heavy (non-hydrogen) atoms. The van der Waals surface area contributed by atoms with Crippen LogP contribution in [0.4, 0.5) is 0 Å². The number of hydrogen-bond donors (Lipinski definition) is 1. The van der Waals surface area contributed by atoms with Gasteiger partial charge in [-0.1, -0.05) is 0 Å². The molecule has 128 valence electrons. The van der Waals surface area contributed by atoms with E-state index in [1.807, 2.05) is 30.5 Å². The number of hydrogen-bond acceptors (Lipinski definition) is 6. The maximum atomic E-state index is 5.21. The summed E-state index contributed by atoms with van der Waals surface area (Å²) in [4.78, 5) is 14.6. The van der Waals surface area contributed by atoms with Gasteiger partial charge in [0.05, 0.1) is 19.3 Å². The molecule has 2 aromatic heterocycles. The van der Waals surface area contributed by atoms with Crippen molar-refractivity contribution >= 4 is 23.6 Å². The second-order valence-corrected chi connectivity index (χ2v) is 7.34. The molecule has 0 fully saturated rings. The number of fused-ring (bicyclic) bond motifs is 1. The highest BCUT2D eigenvalue weighted by atomic mass is 32.1. The molecule has 0 saturated heterocycles. The van der Waals surface area contributed by atoms with Crippen LogP contribution in [0.25, 0.3) is 11.3 Å². The van der Waals surface area contributed by atoms with Crippen LogP contribution < -0.4 is 4.74 Å². The van der Waals surface area contributed by atoms with Crippen LogP contribution in [0, 0.1) is 4.77 Å². The Morgan fingerprint density at radius 1 is 1.32 bits per heavy atom. The van der Waals surface area contributed by atoms with Crippen LogP contribution in [0.5, 0.6) is 5.75 Å². The molecule has 1 aliphatic rings. The number of aromatic nitrogens is 3. The van der Waals surface area contributed by atoms with Gasteiger partial charge in [0, 0.05) is 47.9 Å². The molecular weight excluding hydrogens is 352 g/mol. The minimum Gasteiger partial charge on any atom is -0.497 e. The van der Waals surface area contributed by atoms with Crippen molar-refractivity contribution in [1.29, 1.82) is 0 Å². The second-order valence-electron chi connectivity index (χ2n) is 6.01. The van der Waals surface area contributed by atoms with E-state index in [9.17, 15) is 0 Å². The van der Waals surface area contributed by atoms with Gasteiger partial charge in [-0.05, 0) is 36.5 Å². The molecule has 0 atom stereocenters. The van der Waals surface area contributed by atoms with Gasteiger partial charge in [0.15, 0.2) is 4.77 Å². The summed E-state index contributed by atoms with van der Waals surface area (Å²) in [6, 6.07) is 8.02. The van der Waals surface area contributed by atoms with Crippen molar-refractivity contribution in [2.75, 3.05) is 13.7 Å². The standard InChI is InChI=1S/C18H18N4OS2/c1-23-14-4-2-12(3-5-14)16-11-25-17(20-16)10-22-7-6-15-13(9-22)8-19-18(24)21-15/h2-5,8,11H,6-7,9-10H2,1H3,(H,19,21,24). The number of thiazole rings is 1. The maximum Gasteiger partial charge on any atom is 0.196 e. The van der Waals surface area contributed by atoms with Crippen molar-refractivity contribution in [2.24, 2.45) is 0 Å². The molecule has 5 nitrogen and oxygen atoms in total. The largest absolute Gasteiger partial charge is 0.497 e. The van der Waals surface area contributed by atoms with Crippen molar-refractivity contribution in [3.05, 3.63) is 56.9 Å². The molecule has 1 aliphatic heterocycles. The topological polar surface area (TPSA) is 54.0 Å². The van der Waals surface area contributed by atoms with E-state index < -0.39 is 0 Å². The molecular formula is C18H18N4OS2. The summed E-state index contributed by atoms with van der Waals surface area (Å²) in [7, 11) is 1.68. The van der Waals surface area contributed by atoms with Gasteiger partial charge in [-0.25, -0.2) is 9.97 Å². The third-order valence-electron chi connectivity index (χ3n) is 4.35. The van der Waals surface area contributed by atoms with Crippen molar-refractivity contribution in [2.45, 2.75) is 19.5 Å². The van der Waals surface area contributed by atoms with Crippen molar-refractivity contribution in [1.82, 2.24) is 19.9 Å². The second kappa shape index (κ2) is 7.03. The molecule has 0 radical (unpaired) electrons. The third-order valence-corrected chi connectivity index (χ3v) is 5.39. The number of rotatable bonds is 4. The lowest BCUT2D eigenvalue weighted by atomic mass is 10.1. The third kappa shape index (κ3) is 3.63.